The van der Waals surface area contributed by atoms with Gasteiger partial charge in [-0.3, -0.25) is 9.59 Å². The highest BCUT2D eigenvalue weighted by atomic mass is 16.5. The fourth-order valence-corrected chi connectivity index (χ4v) is 4.05. The van der Waals surface area contributed by atoms with E-state index >= 15 is 0 Å². The Morgan fingerprint density at radius 2 is 1.74 bits per heavy atom. The van der Waals surface area contributed by atoms with Crippen molar-refractivity contribution >= 4 is 34.8 Å². The van der Waals surface area contributed by atoms with Crippen molar-refractivity contribution in [2.75, 3.05) is 41.8 Å². The van der Waals surface area contributed by atoms with Crippen molar-refractivity contribution in [3.8, 4) is 11.3 Å². The molecule has 0 bridgehead atoms. The van der Waals surface area contributed by atoms with E-state index in [1.54, 1.807) is 6.20 Å². The molecule has 2 aliphatic rings. The molecule has 2 aliphatic heterocycles. The van der Waals surface area contributed by atoms with Gasteiger partial charge in [0.1, 0.15) is 6.04 Å². The van der Waals surface area contributed by atoms with Crippen LogP contribution in [0.3, 0.4) is 0 Å². The smallest absolute Gasteiger partial charge is 0.246 e. The lowest BCUT2D eigenvalue weighted by Gasteiger charge is -2.28. The zero-order valence-corrected chi connectivity index (χ0v) is 18.7. The van der Waals surface area contributed by atoms with Gasteiger partial charge in [-0.2, -0.15) is 0 Å². The number of aromatic nitrogens is 2. The third-order valence-corrected chi connectivity index (χ3v) is 5.92. The van der Waals surface area contributed by atoms with Gasteiger partial charge in [0, 0.05) is 48.3 Å². The van der Waals surface area contributed by atoms with E-state index in [-0.39, 0.29) is 11.8 Å². The molecule has 0 unspecified atom stereocenters. The number of rotatable bonds is 6. The molecular formula is C25H26N6O3. The van der Waals surface area contributed by atoms with E-state index in [0.717, 1.165) is 43.2 Å². The molecule has 174 valence electrons. The molecule has 3 heterocycles. The lowest BCUT2D eigenvalue weighted by Crippen LogP contribution is -2.37. The quantitative estimate of drug-likeness (QED) is 0.521. The minimum absolute atomic E-state index is 0.0864. The first-order valence-electron chi connectivity index (χ1n) is 11.4. The molecule has 2 fully saturated rings. The Morgan fingerprint density at radius 1 is 1.00 bits per heavy atom. The Kier molecular flexibility index (Phi) is 6.35. The predicted octanol–water partition coefficient (Wildman–Crippen LogP) is 2.94. The van der Waals surface area contributed by atoms with Gasteiger partial charge in [-0.1, -0.05) is 12.1 Å². The van der Waals surface area contributed by atoms with Gasteiger partial charge >= 0.3 is 0 Å². The number of nitrogens with one attached hydrogen (secondary N) is 3. The first-order chi connectivity index (χ1) is 16.6. The number of hydrogen-bond donors (Lipinski definition) is 3. The Morgan fingerprint density at radius 3 is 2.44 bits per heavy atom. The van der Waals surface area contributed by atoms with Crippen molar-refractivity contribution in [1.82, 2.24) is 15.3 Å². The van der Waals surface area contributed by atoms with Gasteiger partial charge in [-0.25, -0.2) is 9.97 Å². The number of hydrogen-bond acceptors (Lipinski definition) is 7. The molecule has 3 N–H and O–H groups in total. The molecule has 0 aliphatic carbocycles. The predicted molar refractivity (Wildman–Crippen MR) is 130 cm³/mol. The summed E-state index contributed by atoms with van der Waals surface area (Å²) in [5, 5.41) is 8.78. The Bertz CT molecular complexity index is 1160. The van der Waals surface area contributed by atoms with Crippen LogP contribution in [0.1, 0.15) is 12.8 Å². The molecule has 9 heteroatoms. The number of nitrogens with zero attached hydrogens (tertiary/aromatic N) is 3. The lowest BCUT2D eigenvalue weighted by atomic mass is 10.1. The summed E-state index contributed by atoms with van der Waals surface area (Å²) >= 11 is 0. The van der Waals surface area contributed by atoms with Crippen LogP contribution in [0.15, 0.2) is 60.8 Å². The third kappa shape index (κ3) is 5.15. The Hall–Kier alpha value is -3.98. The molecule has 0 spiro atoms. The molecule has 2 aromatic carbocycles. The first-order valence-corrected chi connectivity index (χ1v) is 11.4. The molecule has 1 aromatic heterocycles. The molecule has 1 atom stereocenters. The van der Waals surface area contributed by atoms with Gasteiger partial charge in [-0.15, -0.1) is 0 Å². The Balaban J connectivity index is 1.22. The van der Waals surface area contributed by atoms with Crippen LogP contribution in [0.5, 0.6) is 0 Å². The molecule has 0 saturated carbocycles. The maximum atomic E-state index is 12.3. The van der Waals surface area contributed by atoms with Crippen molar-refractivity contribution in [3.05, 3.63) is 60.8 Å². The van der Waals surface area contributed by atoms with Gasteiger partial charge in [-0.05, 0) is 48.9 Å². The fraction of sp³-hybridized carbons (Fsp3) is 0.280. The second kappa shape index (κ2) is 9.88. The monoisotopic (exact) mass is 458 g/mol. The molecule has 3 aromatic rings. The number of amides is 2. The van der Waals surface area contributed by atoms with Crippen LogP contribution in [0, 0.1) is 0 Å². The van der Waals surface area contributed by atoms with Crippen molar-refractivity contribution in [1.29, 1.82) is 0 Å². The van der Waals surface area contributed by atoms with Crippen LogP contribution in [-0.2, 0) is 14.3 Å². The van der Waals surface area contributed by atoms with Crippen LogP contribution >= 0.6 is 0 Å². The summed E-state index contributed by atoms with van der Waals surface area (Å²) in [4.78, 5) is 34.9. The summed E-state index contributed by atoms with van der Waals surface area (Å²) in [7, 11) is 0. The largest absolute Gasteiger partial charge is 0.378 e. The Labute approximate surface area is 197 Å². The summed E-state index contributed by atoms with van der Waals surface area (Å²) < 4.78 is 5.42. The van der Waals surface area contributed by atoms with Crippen LogP contribution in [0.2, 0.25) is 0 Å². The van der Waals surface area contributed by atoms with Crippen LogP contribution in [0.4, 0.5) is 23.0 Å². The fourth-order valence-electron chi connectivity index (χ4n) is 4.05. The van der Waals surface area contributed by atoms with Crippen LogP contribution < -0.4 is 20.9 Å². The third-order valence-electron chi connectivity index (χ3n) is 5.92. The number of carbonyl (C=O) groups is 2. The summed E-state index contributed by atoms with van der Waals surface area (Å²) in [5.41, 5.74) is 4.42. The summed E-state index contributed by atoms with van der Waals surface area (Å²) in [5.74, 6) is 0.217. The number of carbonyl (C=O) groups excluding carboxylic acids is 2. The minimum Gasteiger partial charge on any atom is -0.378 e. The van der Waals surface area contributed by atoms with Gasteiger partial charge < -0.3 is 25.6 Å². The van der Waals surface area contributed by atoms with Crippen LogP contribution in [0.25, 0.3) is 11.3 Å². The molecular weight excluding hydrogens is 432 g/mol. The molecule has 2 amide bonds. The van der Waals surface area contributed by atoms with Crippen molar-refractivity contribution in [2.24, 2.45) is 0 Å². The number of morpholine rings is 1. The van der Waals surface area contributed by atoms with Gasteiger partial charge in [0.15, 0.2) is 0 Å². The van der Waals surface area contributed by atoms with E-state index in [1.165, 1.54) is 5.69 Å². The second-order valence-electron chi connectivity index (χ2n) is 8.26. The minimum atomic E-state index is -0.467. The average Bonchev–Trinajstić information content (AvgIpc) is 3.32. The topological polar surface area (TPSA) is 108 Å². The number of anilines is 4. The maximum Gasteiger partial charge on any atom is 0.246 e. The van der Waals surface area contributed by atoms with E-state index in [0.29, 0.717) is 24.5 Å². The zero-order valence-electron chi connectivity index (χ0n) is 18.7. The van der Waals surface area contributed by atoms with E-state index < -0.39 is 6.04 Å². The van der Waals surface area contributed by atoms with Crippen molar-refractivity contribution in [2.45, 2.75) is 18.9 Å². The van der Waals surface area contributed by atoms with Crippen LogP contribution in [-0.4, -0.2) is 54.1 Å². The van der Waals surface area contributed by atoms with Crippen molar-refractivity contribution < 1.29 is 14.3 Å². The molecule has 34 heavy (non-hydrogen) atoms. The van der Waals surface area contributed by atoms with Crippen molar-refractivity contribution in [3.63, 3.8) is 0 Å². The highest BCUT2D eigenvalue weighted by molar-refractivity contribution is 5.99. The maximum absolute atomic E-state index is 12.3. The molecule has 9 nitrogen and oxygen atoms in total. The summed E-state index contributed by atoms with van der Waals surface area (Å²) in [6, 6.07) is 17.0. The number of ether oxygens (including phenoxy) is 1. The van der Waals surface area contributed by atoms with E-state index in [2.05, 4.69) is 43.0 Å². The summed E-state index contributed by atoms with van der Waals surface area (Å²) in [6.45, 7) is 3.31. The number of benzene rings is 2. The van der Waals surface area contributed by atoms with E-state index in [1.807, 2.05) is 42.5 Å². The molecule has 0 radical (unpaired) electrons. The van der Waals surface area contributed by atoms with Gasteiger partial charge in [0.05, 0.1) is 18.9 Å². The zero-order chi connectivity index (χ0) is 23.3. The highest BCUT2D eigenvalue weighted by Gasteiger charge is 2.27. The standard InChI is InChI=1S/C25H26N6O3/c32-23-10-9-22(29-23)24(33)27-18-3-1-17(2-4-18)21-11-12-26-25(30-21)28-19-5-7-20(8-6-19)31-13-15-34-16-14-31/h1-8,11-12,22H,9-10,13-16H2,(H,27,33)(H,29,32)(H,26,28,30)/t22-/m0/s1. The molecule has 5 rings (SSSR count). The lowest BCUT2D eigenvalue weighted by molar-refractivity contribution is -0.122. The highest BCUT2D eigenvalue weighted by Crippen LogP contribution is 2.24. The molecule has 2 saturated heterocycles. The van der Waals surface area contributed by atoms with Gasteiger partial charge in [0.25, 0.3) is 0 Å². The summed E-state index contributed by atoms with van der Waals surface area (Å²) in [6.07, 6.45) is 2.62. The average molecular weight is 459 g/mol. The SMILES string of the molecule is O=C1CC[C@@H](C(=O)Nc2ccc(-c3ccnc(Nc4ccc(N5CCOCC5)cc4)n3)cc2)N1. The van der Waals surface area contributed by atoms with Gasteiger partial charge in [0.2, 0.25) is 17.8 Å². The normalized spacial score (nSPS) is 17.8. The second-order valence-corrected chi connectivity index (χ2v) is 8.26. The van der Waals surface area contributed by atoms with E-state index in [4.69, 9.17) is 4.74 Å². The first kappa shape index (κ1) is 21.8. The van der Waals surface area contributed by atoms with E-state index in [9.17, 15) is 9.59 Å².